The van der Waals surface area contributed by atoms with Gasteiger partial charge in [0.15, 0.2) is 0 Å². The minimum Gasteiger partial charge on any atom is -0.389 e. The molecule has 0 fully saturated rings. The molecule has 0 aliphatic heterocycles. The topological polar surface area (TPSA) is 45.1 Å². The standard InChI is InChI=1S/C14H18N2OS/c1-14(2,17)10-15-8-13-16-12(9-18-13)11-6-4-3-5-7-11/h3-7,9,15,17H,8,10H2,1-2H3. The molecule has 0 saturated heterocycles. The van der Waals surface area contributed by atoms with E-state index in [1.165, 1.54) is 0 Å². The van der Waals surface area contributed by atoms with Crippen LogP contribution < -0.4 is 5.32 Å². The summed E-state index contributed by atoms with van der Waals surface area (Å²) in [5.74, 6) is 0. The molecule has 0 aliphatic rings. The zero-order chi connectivity index (χ0) is 13.0. The number of hydrogen-bond donors (Lipinski definition) is 2. The van der Waals surface area contributed by atoms with Crippen molar-refractivity contribution in [2.75, 3.05) is 6.54 Å². The molecule has 0 amide bonds. The average molecular weight is 262 g/mol. The van der Waals surface area contributed by atoms with Crippen molar-refractivity contribution < 1.29 is 5.11 Å². The van der Waals surface area contributed by atoms with Gasteiger partial charge in [-0.3, -0.25) is 0 Å². The van der Waals surface area contributed by atoms with Crippen molar-refractivity contribution in [3.8, 4) is 11.3 Å². The number of aromatic nitrogens is 1. The molecule has 1 heterocycles. The van der Waals surface area contributed by atoms with Gasteiger partial charge < -0.3 is 10.4 Å². The Labute approximate surface area is 112 Å². The van der Waals surface area contributed by atoms with Gasteiger partial charge in [0.25, 0.3) is 0 Å². The SMILES string of the molecule is CC(C)(O)CNCc1nc(-c2ccccc2)cs1. The predicted molar refractivity (Wildman–Crippen MR) is 75.6 cm³/mol. The lowest BCUT2D eigenvalue weighted by Crippen LogP contribution is -2.34. The van der Waals surface area contributed by atoms with Gasteiger partial charge in [-0.1, -0.05) is 30.3 Å². The Hall–Kier alpha value is -1.23. The summed E-state index contributed by atoms with van der Waals surface area (Å²) >= 11 is 1.64. The van der Waals surface area contributed by atoms with Gasteiger partial charge in [0, 0.05) is 24.0 Å². The van der Waals surface area contributed by atoms with Crippen molar-refractivity contribution >= 4 is 11.3 Å². The van der Waals surface area contributed by atoms with E-state index in [2.05, 4.69) is 27.8 Å². The van der Waals surface area contributed by atoms with Gasteiger partial charge in [-0.05, 0) is 13.8 Å². The van der Waals surface area contributed by atoms with Gasteiger partial charge in [-0.15, -0.1) is 11.3 Å². The second kappa shape index (κ2) is 5.61. The molecular weight excluding hydrogens is 244 g/mol. The predicted octanol–water partition coefficient (Wildman–Crippen LogP) is 2.67. The van der Waals surface area contributed by atoms with E-state index in [0.29, 0.717) is 13.1 Å². The maximum absolute atomic E-state index is 9.60. The maximum Gasteiger partial charge on any atom is 0.107 e. The lowest BCUT2D eigenvalue weighted by molar-refractivity contribution is 0.0795. The fourth-order valence-electron chi connectivity index (χ4n) is 1.61. The smallest absolute Gasteiger partial charge is 0.107 e. The van der Waals surface area contributed by atoms with Crippen molar-refractivity contribution in [1.82, 2.24) is 10.3 Å². The Morgan fingerprint density at radius 3 is 2.67 bits per heavy atom. The van der Waals surface area contributed by atoms with Crippen LogP contribution in [-0.4, -0.2) is 22.2 Å². The summed E-state index contributed by atoms with van der Waals surface area (Å²) in [4.78, 5) is 4.57. The van der Waals surface area contributed by atoms with E-state index in [-0.39, 0.29) is 0 Å². The van der Waals surface area contributed by atoms with Crippen molar-refractivity contribution in [1.29, 1.82) is 0 Å². The first kappa shape index (κ1) is 13.2. The Balaban J connectivity index is 1.95. The number of aliphatic hydroxyl groups is 1. The highest BCUT2D eigenvalue weighted by atomic mass is 32.1. The number of nitrogens with one attached hydrogen (secondary N) is 1. The van der Waals surface area contributed by atoms with Crippen molar-refractivity contribution in [3.05, 3.63) is 40.7 Å². The van der Waals surface area contributed by atoms with Crippen LogP contribution in [0.1, 0.15) is 18.9 Å². The lowest BCUT2D eigenvalue weighted by atomic mass is 10.1. The summed E-state index contributed by atoms with van der Waals surface area (Å²) in [5.41, 5.74) is 1.47. The number of thiazole rings is 1. The number of benzene rings is 1. The van der Waals surface area contributed by atoms with Gasteiger partial charge in [0.05, 0.1) is 11.3 Å². The molecule has 1 aromatic heterocycles. The quantitative estimate of drug-likeness (QED) is 0.871. The summed E-state index contributed by atoms with van der Waals surface area (Å²) in [5, 5.41) is 15.9. The third-order valence-electron chi connectivity index (χ3n) is 2.46. The van der Waals surface area contributed by atoms with Crippen LogP contribution >= 0.6 is 11.3 Å². The fraction of sp³-hybridized carbons (Fsp3) is 0.357. The van der Waals surface area contributed by atoms with E-state index in [0.717, 1.165) is 16.3 Å². The molecule has 0 unspecified atom stereocenters. The molecular formula is C14H18N2OS. The van der Waals surface area contributed by atoms with Gasteiger partial charge in [0.2, 0.25) is 0 Å². The summed E-state index contributed by atoms with van der Waals surface area (Å²) < 4.78 is 0. The van der Waals surface area contributed by atoms with Gasteiger partial charge in [-0.2, -0.15) is 0 Å². The third kappa shape index (κ3) is 3.91. The van der Waals surface area contributed by atoms with Crippen molar-refractivity contribution in [3.63, 3.8) is 0 Å². The molecule has 2 aromatic rings. The van der Waals surface area contributed by atoms with E-state index >= 15 is 0 Å². The molecule has 2 rings (SSSR count). The van der Waals surface area contributed by atoms with Crippen LogP contribution in [0.15, 0.2) is 35.7 Å². The maximum atomic E-state index is 9.60. The van der Waals surface area contributed by atoms with Gasteiger partial charge in [0.1, 0.15) is 5.01 Å². The minimum atomic E-state index is -0.681. The molecule has 0 radical (unpaired) electrons. The highest BCUT2D eigenvalue weighted by Gasteiger charge is 2.11. The van der Waals surface area contributed by atoms with Gasteiger partial charge >= 0.3 is 0 Å². The molecule has 0 bridgehead atoms. The van der Waals surface area contributed by atoms with E-state index in [1.807, 2.05) is 18.2 Å². The highest BCUT2D eigenvalue weighted by molar-refractivity contribution is 7.09. The molecule has 18 heavy (non-hydrogen) atoms. The van der Waals surface area contributed by atoms with Crippen LogP contribution in [0.4, 0.5) is 0 Å². The summed E-state index contributed by atoms with van der Waals surface area (Å²) in [6.07, 6.45) is 0. The largest absolute Gasteiger partial charge is 0.389 e. The number of nitrogens with zero attached hydrogens (tertiary/aromatic N) is 1. The first-order valence-corrected chi connectivity index (χ1v) is 6.85. The summed E-state index contributed by atoms with van der Waals surface area (Å²) in [6, 6.07) is 10.1. The molecule has 0 aliphatic carbocycles. The Morgan fingerprint density at radius 2 is 2.00 bits per heavy atom. The molecule has 0 saturated carbocycles. The lowest BCUT2D eigenvalue weighted by Gasteiger charge is -2.16. The zero-order valence-corrected chi connectivity index (χ0v) is 11.5. The second-order valence-corrected chi connectivity index (χ2v) is 5.85. The average Bonchev–Trinajstić information content (AvgIpc) is 2.77. The normalized spacial score (nSPS) is 11.7. The van der Waals surface area contributed by atoms with E-state index < -0.39 is 5.60 Å². The minimum absolute atomic E-state index is 0.563. The molecule has 96 valence electrons. The summed E-state index contributed by atoms with van der Waals surface area (Å²) in [6.45, 7) is 4.84. The van der Waals surface area contributed by atoms with Crippen molar-refractivity contribution in [2.45, 2.75) is 26.0 Å². The summed E-state index contributed by atoms with van der Waals surface area (Å²) in [7, 11) is 0. The van der Waals surface area contributed by atoms with Crippen LogP contribution in [0.3, 0.4) is 0 Å². The van der Waals surface area contributed by atoms with Gasteiger partial charge in [-0.25, -0.2) is 4.98 Å². The first-order chi connectivity index (χ1) is 8.54. The second-order valence-electron chi connectivity index (χ2n) is 4.91. The first-order valence-electron chi connectivity index (χ1n) is 5.97. The van der Waals surface area contributed by atoms with Crippen molar-refractivity contribution in [2.24, 2.45) is 0 Å². The van der Waals surface area contributed by atoms with Crippen LogP contribution in [0.25, 0.3) is 11.3 Å². The molecule has 3 nitrogen and oxygen atoms in total. The number of rotatable bonds is 5. The van der Waals surface area contributed by atoms with Crippen LogP contribution in [0.2, 0.25) is 0 Å². The number of hydrogen-bond acceptors (Lipinski definition) is 4. The molecule has 1 aromatic carbocycles. The van der Waals surface area contributed by atoms with Crippen LogP contribution in [0.5, 0.6) is 0 Å². The molecule has 0 atom stereocenters. The van der Waals surface area contributed by atoms with Crippen LogP contribution in [-0.2, 0) is 6.54 Å². The fourth-order valence-corrected chi connectivity index (χ4v) is 2.38. The van der Waals surface area contributed by atoms with E-state index in [1.54, 1.807) is 25.2 Å². The Kier molecular flexibility index (Phi) is 4.11. The van der Waals surface area contributed by atoms with Crippen LogP contribution in [0, 0.1) is 0 Å². The Bertz CT molecular complexity index is 488. The molecule has 2 N–H and O–H groups in total. The zero-order valence-electron chi connectivity index (χ0n) is 10.7. The molecule has 4 heteroatoms. The monoisotopic (exact) mass is 262 g/mol. The van der Waals surface area contributed by atoms with E-state index in [9.17, 15) is 5.11 Å². The molecule has 0 spiro atoms. The highest BCUT2D eigenvalue weighted by Crippen LogP contribution is 2.21. The van der Waals surface area contributed by atoms with E-state index in [4.69, 9.17) is 0 Å². The Morgan fingerprint density at radius 1 is 1.28 bits per heavy atom. The third-order valence-corrected chi connectivity index (χ3v) is 3.30.